The van der Waals surface area contributed by atoms with Gasteiger partial charge in [0.25, 0.3) is 0 Å². The summed E-state index contributed by atoms with van der Waals surface area (Å²) < 4.78 is 0. The van der Waals surface area contributed by atoms with Gasteiger partial charge >= 0.3 is 5.69 Å². The van der Waals surface area contributed by atoms with Gasteiger partial charge in [0.1, 0.15) is 6.20 Å². The molecule has 0 aromatic carbocycles. The highest BCUT2D eigenvalue weighted by Crippen LogP contribution is 2.21. The minimum Gasteiger partial charge on any atom is -0.368 e. The summed E-state index contributed by atoms with van der Waals surface area (Å²) in [7, 11) is 0. The van der Waals surface area contributed by atoms with Gasteiger partial charge in [-0.1, -0.05) is 0 Å². The first-order valence-electron chi connectivity index (χ1n) is 4.98. The lowest BCUT2D eigenvalue weighted by molar-refractivity contribution is -0.384. The van der Waals surface area contributed by atoms with Gasteiger partial charge in [0, 0.05) is 5.38 Å². The number of nitrogens with one attached hydrogen (secondary N) is 1. The van der Waals surface area contributed by atoms with Crippen LogP contribution in [0.25, 0.3) is 0 Å². The summed E-state index contributed by atoms with van der Waals surface area (Å²) in [6.07, 6.45) is 1.08. The van der Waals surface area contributed by atoms with Crippen molar-refractivity contribution in [3.63, 3.8) is 0 Å². The fourth-order valence-electron chi connectivity index (χ4n) is 1.32. The van der Waals surface area contributed by atoms with Crippen LogP contribution in [0.3, 0.4) is 0 Å². The highest BCUT2D eigenvalue weighted by atomic mass is 32.1. The SMILES string of the molecule is Cc1nc(CNc2nc(N)ncc2[N+](=O)[O-])cs1. The summed E-state index contributed by atoms with van der Waals surface area (Å²) in [4.78, 5) is 21.8. The zero-order valence-corrected chi connectivity index (χ0v) is 10.3. The van der Waals surface area contributed by atoms with Crippen LogP contribution in [0.4, 0.5) is 17.5 Å². The molecule has 0 aliphatic rings. The summed E-state index contributed by atoms with van der Waals surface area (Å²) in [6, 6.07) is 0. The van der Waals surface area contributed by atoms with E-state index >= 15 is 0 Å². The van der Waals surface area contributed by atoms with Crippen LogP contribution in [0, 0.1) is 17.0 Å². The van der Waals surface area contributed by atoms with E-state index in [4.69, 9.17) is 5.73 Å². The number of nitro groups is 1. The van der Waals surface area contributed by atoms with Crippen molar-refractivity contribution in [1.29, 1.82) is 0 Å². The average molecular weight is 266 g/mol. The molecule has 0 amide bonds. The Labute approximate surface area is 106 Å². The van der Waals surface area contributed by atoms with Gasteiger partial charge in [-0.05, 0) is 6.92 Å². The topological polar surface area (TPSA) is 120 Å². The summed E-state index contributed by atoms with van der Waals surface area (Å²) >= 11 is 1.51. The van der Waals surface area contributed by atoms with E-state index < -0.39 is 4.92 Å². The Hall–Kier alpha value is -2.29. The molecular formula is C9H10N6O2S. The Balaban J connectivity index is 2.17. The van der Waals surface area contributed by atoms with Crippen LogP contribution in [0.5, 0.6) is 0 Å². The molecule has 2 aromatic rings. The number of nitrogens with zero attached hydrogens (tertiary/aromatic N) is 4. The van der Waals surface area contributed by atoms with Gasteiger partial charge in [-0.25, -0.2) is 9.97 Å². The molecule has 2 rings (SSSR count). The molecule has 0 radical (unpaired) electrons. The monoisotopic (exact) mass is 266 g/mol. The zero-order valence-electron chi connectivity index (χ0n) is 9.45. The molecule has 9 heteroatoms. The van der Waals surface area contributed by atoms with E-state index in [0.29, 0.717) is 6.54 Å². The molecule has 0 bridgehead atoms. The standard InChI is InChI=1S/C9H10N6O2S/c1-5-13-6(4-18-5)2-11-8-7(15(16)17)3-12-9(10)14-8/h3-4H,2H2,1H3,(H3,10,11,12,14). The fraction of sp³-hybridized carbons (Fsp3) is 0.222. The first-order chi connectivity index (χ1) is 8.56. The number of rotatable bonds is 4. The molecule has 3 N–H and O–H groups in total. The molecule has 2 heterocycles. The van der Waals surface area contributed by atoms with Crippen molar-refractivity contribution in [3.05, 3.63) is 32.4 Å². The molecule has 2 aromatic heterocycles. The normalized spacial score (nSPS) is 10.3. The van der Waals surface area contributed by atoms with E-state index in [9.17, 15) is 10.1 Å². The Morgan fingerprint density at radius 1 is 1.56 bits per heavy atom. The van der Waals surface area contributed by atoms with Crippen molar-refractivity contribution in [1.82, 2.24) is 15.0 Å². The number of anilines is 2. The van der Waals surface area contributed by atoms with Gasteiger partial charge < -0.3 is 11.1 Å². The van der Waals surface area contributed by atoms with E-state index in [-0.39, 0.29) is 17.5 Å². The summed E-state index contributed by atoms with van der Waals surface area (Å²) in [5.74, 6) is 0.0794. The summed E-state index contributed by atoms with van der Waals surface area (Å²) in [6.45, 7) is 2.24. The zero-order chi connectivity index (χ0) is 13.1. The lowest BCUT2D eigenvalue weighted by Gasteiger charge is -2.04. The quantitative estimate of drug-likeness (QED) is 0.632. The van der Waals surface area contributed by atoms with Gasteiger partial charge in [0.15, 0.2) is 0 Å². The molecule has 0 aliphatic heterocycles. The molecule has 0 atom stereocenters. The third-order valence-corrected chi connectivity index (χ3v) is 2.91. The second kappa shape index (κ2) is 4.92. The first kappa shape index (κ1) is 12.2. The molecule has 0 aliphatic carbocycles. The van der Waals surface area contributed by atoms with Gasteiger partial charge in [-0.15, -0.1) is 11.3 Å². The molecule has 94 valence electrons. The van der Waals surface area contributed by atoms with Gasteiger partial charge in [0.2, 0.25) is 11.8 Å². The summed E-state index contributed by atoms with van der Waals surface area (Å²) in [5.41, 5.74) is 5.99. The number of nitrogens with two attached hydrogens (primary N) is 1. The van der Waals surface area contributed by atoms with E-state index in [1.165, 1.54) is 11.3 Å². The van der Waals surface area contributed by atoms with Crippen LogP contribution < -0.4 is 11.1 Å². The molecule has 8 nitrogen and oxygen atoms in total. The smallest absolute Gasteiger partial charge is 0.329 e. The highest BCUT2D eigenvalue weighted by Gasteiger charge is 2.16. The highest BCUT2D eigenvalue weighted by molar-refractivity contribution is 7.09. The van der Waals surface area contributed by atoms with Gasteiger partial charge in [0.05, 0.1) is 22.2 Å². The van der Waals surface area contributed by atoms with Crippen molar-refractivity contribution >= 4 is 28.8 Å². The number of thiazole rings is 1. The van der Waals surface area contributed by atoms with Crippen LogP contribution in [0.15, 0.2) is 11.6 Å². The molecular weight excluding hydrogens is 256 g/mol. The Morgan fingerprint density at radius 3 is 2.94 bits per heavy atom. The molecule has 0 spiro atoms. The minimum absolute atomic E-state index is 0.0161. The van der Waals surface area contributed by atoms with Crippen LogP contribution in [0.2, 0.25) is 0 Å². The Bertz CT molecular complexity index is 584. The number of hydrogen-bond donors (Lipinski definition) is 2. The second-order valence-corrected chi connectivity index (χ2v) is 4.49. The van der Waals surface area contributed by atoms with Gasteiger partial charge in [-0.3, -0.25) is 10.1 Å². The Kier molecular flexibility index (Phi) is 3.33. The minimum atomic E-state index is -0.561. The van der Waals surface area contributed by atoms with Crippen LogP contribution in [-0.4, -0.2) is 19.9 Å². The molecule has 0 unspecified atom stereocenters. The largest absolute Gasteiger partial charge is 0.368 e. The molecule has 0 fully saturated rings. The third kappa shape index (κ3) is 2.69. The van der Waals surface area contributed by atoms with E-state index in [0.717, 1.165) is 16.9 Å². The lowest BCUT2D eigenvalue weighted by Crippen LogP contribution is -2.07. The molecule has 18 heavy (non-hydrogen) atoms. The number of aryl methyl sites for hydroxylation is 1. The van der Waals surface area contributed by atoms with Crippen molar-refractivity contribution < 1.29 is 4.92 Å². The van der Waals surface area contributed by atoms with Crippen LogP contribution in [-0.2, 0) is 6.54 Å². The molecule has 0 saturated carbocycles. The molecule has 0 saturated heterocycles. The van der Waals surface area contributed by atoms with E-state index in [2.05, 4.69) is 20.3 Å². The maximum Gasteiger partial charge on any atom is 0.329 e. The van der Waals surface area contributed by atoms with Crippen molar-refractivity contribution in [2.75, 3.05) is 11.1 Å². The van der Waals surface area contributed by atoms with Crippen molar-refractivity contribution in [3.8, 4) is 0 Å². The maximum absolute atomic E-state index is 10.8. The summed E-state index contributed by atoms with van der Waals surface area (Å²) in [5, 5.41) is 16.4. The predicted molar refractivity (Wildman–Crippen MR) is 67.3 cm³/mol. The first-order valence-corrected chi connectivity index (χ1v) is 5.86. The van der Waals surface area contributed by atoms with Crippen LogP contribution in [0.1, 0.15) is 10.7 Å². The number of aromatic nitrogens is 3. The van der Waals surface area contributed by atoms with Crippen molar-refractivity contribution in [2.24, 2.45) is 0 Å². The fourth-order valence-corrected chi connectivity index (χ4v) is 1.93. The second-order valence-electron chi connectivity index (χ2n) is 3.43. The lowest BCUT2D eigenvalue weighted by atomic mass is 10.4. The average Bonchev–Trinajstić information content (AvgIpc) is 2.72. The third-order valence-electron chi connectivity index (χ3n) is 2.09. The Morgan fingerprint density at radius 2 is 2.33 bits per heavy atom. The van der Waals surface area contributed by atoms with Crippen molar-refractivity contribution in [2.45, 2.75) is 13.5 Å². The predicted octanol–water partition coefficient (Wildman–Crippen LogP) is 1.34. The maximum atomic E-state index is 10.8. The number of hydrogen-bond acceptors (Lipinski definition) is 8. The van der Waals surface area contributed by atoms with E-state index in [1.54, 1.807) is 0 Å². The van der Waals surface area contributed by atoms with Gasteiger partial charge in [-0.2, -0.15) is 4.98 Å². The number of nitrogen functional groups attached to an aromatic ring is 1. The van der Waals surface area contributed by atoms with E-state index in [1.807, 2.05) is 12.3 Å². The van der Waals surface area contributed by atoms with Crippen LogP contribution >= 0.6 is 11.3 Å².